The maximum atomic E-state index is 13.2. The van der Waals surface area contributed by atoms with Crippen molar-refractivity contribution in [2.75, 3.05) is 26.1 Å². The minimum Gasteiger partial charge on any atom is -0.493 e. The molecule has 0 radical (unpaired) electrons. The van der Waals surface area contributed by atoms with Gasteiger partial charge in [-0.25, -0.2) is 9.59 Å². The minimum absolute atomic E-state index is 0.187. The van der Waals surface area contributed by atoms with Crippen LogP contribution in [0.25, 0.3) is 0 Å². The standard InChI is InChI=1S/C21H25N3O6/c1-7-30-20(26)15-11(2)22-18-17(19(25)24(4)21(27)23(18)3)16(15)12-8-9-13(28-5)14(10-12)29-6/h8-10,16,22H,7H2,1-6H3. The third kappa shape index (κ3) is 3.26. The highest BCUT2D eigenvalue weighted by Crippen LogP contribution is 2.42. The Morgan fingerprint density at radius 3 is 2.37 bits per heavy atom. The van der Waals surface area contributed by atoms with Gasteiger partial charge in [-0.15, -0.1) is 0 Å². The van der Waals surface area contributed by atoms with Crippen LogP contribution in [0.3, 0.4) is 0 Å². The molecule has 1 aromatic heterocycles. The Kier molecular flexibility index (Phi) is 5.73. The van der Waals surface area contributed by atoms with Crippen LogP contribution >= 0.6 is 0 Å². The molecule has 9 nitrogen and oxygen atoms in total. The first kappa shape index (κ1) is 21.2. The molecule has 1 N–H and O–H groups in total. The zero-order valence-electron chi connectivity index (χ0n) is 17.9. The molecule has 0 fully saturated rings. The van der Waals surface area contributed by atoms with Crippen LogP contribution in [0.15, 0.2) is 39.1 Å². The van der Waals surface area contributed by atoms with Crippen molar-refractivity contribution < 1.29 is 19.0 Å². The zero-order valence-corrected chi connectivity index (χ0v) is 17.9. The van der Waals surface area contributed by atoms with Crippen LogP contribution in [0, 0.1) is 0 Å². The van der Waals surface area contributed by atoms with E-state index in [1.54, 1.807) is 39.1 Å². The summed E-state index contributed by atoms with van der Waals surface area (Å²) >= 11 is 0. The summed E-state index contributed by atoms with van der Waals surface area (Å²) in [5, 5.41) is 3.05. The molecule has 0 spiro atoms. The van der Waals surface area contributed by atoms with E-state index in [1.165, 1.54) is 25.8 Å². The molecule has 0 amide bonds. The van der Waals surface area contributed by atoms with Crippen LogP contribution in [0.1, 0.15) is 30.9 Å². The third-order valence-corrected chi connectivity index (χ3v) is 5.22. The summed E-state index contributed by atoms with van der Waals surface area (Å²) in [4.78, 5) is 38.5. The Morgan fingerprint density at radius 2 is 1.77 bits per heavy atom. The molecule has 0 saturated heterocycles. The summed E-state index contributed by atoms with van der Waals surface area (Å²) in [6.45, 7) is 3.61. The van der Waals surface area contributed by atoms with Gasteiger partial charge in [-0.2, -0.15) is 0 Å². The van der Waals surface area contributed by atoms with Gasteiger partial charge in [0, 0.05) is 19.8 Å². The summed E-state index contributed by atoms with van der Waals surface area (Å²) in [5.74, 6) is 0.0163. The van der Waals surface area contributed by atoms with Crippen LogP contribution in [0.5, 0.6) is 11.5 Å². The van der Waals surface area contributed by atoms with E-state index < -0.39 is 23.1 Å². The summed E-state index contributed by atoms with van der Waals surface area (Å²) in [5.41, 5.74) is 0.754. The Hall–Kier alpha value is -3.49. The number of hydrogen-bond acceptors (Lipinski definition) is 7. The van der Waals surface area contributed by atoms with Crippen molar-refractivity contribution in [1.82, 2.24) is 9.13 Å². The molecule has 1 aliphatic rings. The van der Waals surface area contributed by atoms with E-state index in [0.717, 1.165) is 4.57 Å². The van der Waals surface area contributed by atoms with Crippen molar-refractivity contribution >= 4 is 11.8 Å². The average molecular weight is 415 g/mol. The summed E-state index contributed by atoms with van der Waals surface area (Å²) < 4.78 is 18.4. The second kappa shape index (κ2) is 8.10. The number of ether oxygens (including phenoxy) is 3. The third-order valence-electron chi connectivity index (χ3n) is 5.22. The predicted molar refractivity (Wildman–Crippen MR) is 111 cm³/mol. The van der Waals surface area contributed by atoms with Gasteiger partial charge in [0.1, 0.15) is 5.82 Å². The molecule has 1 aliphatic heterocycles. The number of carbonyl (C=O) groups excluding carboxylic acids is 1. The van der Waals surface area contributed by atoms with Crippen LogP contribution in [0.4, 0.5) is 5.82 Å². The van der Waals surface area contributed by atoms with Crippen molar-refractivity contribution in [2.24, 2.45) is 14.1 Å². The average Bonchev–Trinajstić information content (AvgIpc) is 2.74. The molecule has 0 bridgehead atoms. The topological polar surface area (TPSA) is 101 Å². The van der Waals surface area contributed by atoms with Crippen molar-refractivity contribution in [3.8, 4) is 11.5 Å². The molecule has 1 aromatic carbocycles. The second-order valence-electron chi connectivity index (χ2n) is 6.90. The van der Waals surface area contributed by atoms with E-state index in [0.29, 0.717) is 34.2 Å². The lowest BCUT2D eigenvalue weighted by atomic mass is 9.82. The van der Waals surface area contributed by atoms with Gasteiger partial charge in [0.25, 0.3) is 5.56 Å². The number of rotatable bonds is 5. The number of carbonyl (C=O) groups is 1. The number of methoxy groups -OCH3 is 2. The van der Waals surface area contributed by atoms with Gasteiger partial charge in [-0.1, -0.05) is 6.07 Å². The summed E-state index contributed by atoms with van der Waals surface area (Å²) in [6.07, 6.45) is 0. The first-order valence-electron chi connectivity index (χ1n) is 9.43. The van der Waals surface area contributed by atoms with Crippen molar-refractivity contribution in [2.45, 2.75) is 19.8 Å². The maximum absolute atomic E-state index is 13.2. The quantitative estimate of drug-likeness (QED) is 0.739. The van der Waals surface area contributed by atoms with Crippen LogP contribution in [-0.4, -0.2) is 35.9 Å². The van der Waals surface area contributed by atoms with Crippen LogP contribution in [0.2, 0.25) is 0 Å². The second-order valence-corrected chi connectivity index (χ2v) is 6.90. The minimum atomic E-state index is -0.759. The van der Waals surface area contributed by atoms with Gasteiger partial charge in [0.2, 0.25) is 0 Å². The highest BCUT2D eigenvalue weighted by molar-refractivity contribution is 5.94. The number of benzene rings is 1. The van der Waals surface area contributed by atoms with Gasteiger partial charge in [-0.3, -0.25) is 13.9 Å². The molecule has 1 atom stereocenters. The fraction of sp³-hybridized carbons (Fsp3) is 0.381. The van der Waals surface area contributed by atoms with Gasteiger partial charge >= 0.3 is 11.7 Å². The van der Waals surface area contributed by atoms with E-state index >= 15 is 0 Å². The first-order valence-corrected chi connectivity index (χ1v) is 9.43. The SMILES string of the molecule is CCOC(=O)C1=C(C)Nc2c(c(=O)n(C)c(=O)n2C)C1c1ccc(OC)c(OC)c1. The molecule has 30 heavy (non-hydrogen) atoms. The summed E-state index contributed by atoms with van der Waals surface area (Å²) in [6, 6.07) is 5.19. The van der Waals surface area contributed by atoms with Gasteiger partial charge in [0.15, 0.2) is 11.5 Å². The van der Waals surface area contributed by atoms with Crippen molar-refractivity contribution in [1.29, 1.82) is 0 Å². The Bertz CT molecular complexity index is 1160. The monoisotopic (exact) mass is 415 g/mol. The fourth-order valence-electron chi connectivity index (χ4n) is 3.73. The lowest BCUT2D eigenvalue weighted by Gasteiger charge is -2.31. The molecular formula is C21H25N3O6. The molecule has 9 heteroatoms. The molecule has 160 valence electrons. The van der Waals surface area contributed by atoms with Crippen molar-refractivity contribution in [3.63, 3.8) is 0 Å². The molecule has 1 unspecified atom stereocenters. The van der Waals surface area contributed by atoms with E-state index in [1.807, 2.05) is 0 Å². The maximum Gasteiger partial charge on any atom is 0.336 e. The number of nitrogens with zero attached hydrogens (tertiary/aromatic N) is 2. The molecule has 0 aliphatic carbocycles. The Balaban J connectivity index is 2.38. The number of anilines is 1. The number of aromatic nitrogens is 2. The number of hydrogen-bond donors (Lipinski definition) is 1. The normalized spacial score (nSPS) is 15.3. The lowest BCUT2D eigenvalue weighted by Crippen LogP contribution is -2.43. The summed E-state index contributed by atoms with van der Waals surface area (Å²) in [7, 11) is 6.01. The smallest absolute Gasteiger partial charge is 0.336 e. The number of nitrogens with one attached hydrogen (secondary N) is 1. The molecule has 2 heterocycles. The molecule has 0 saturated carbocycles. The van der Waals surface area contributed by atoms with E-state index in [9.17, 15) is 14.4 Å². The van der Waals surface area contributed by atoms with Gasteiger partial charge in [0.05, 0.1) is 37.9 Å². The molecular weight excluding hydrogens is 390 g/mol. The van der Waals surface area contributed by atoms with Gasteiger partial charge in [-0.05, 0) is 31.5 Å². The highest BCUT2D eigenvalue weighted by Gasteiger charge is 2.37. The zero-order chi connectivity index (χ0) is 22.2. The van der Waals surface area contributed by atoms with Crippen LogP contribution < -0.4 is 26.0 Å². The molecule has 2 aromatic rings. The number of fused-ring (bicyclic) bond motifs is 1. The largest absolute Gasteiger partial charge is 0.493 e. The number of esters is 1. The van der Waals surface area contributed by atoms with E-state index in [4.69, 9.17) is 14.2 Å². The van der Waals surface area contributed by atoms with Crippen LogP contribution in [-0.2, 0) is 23.6 Å². The Labute approximate surface area is 173 Å². The van der Waals surface area contributed by atoms with E-state index in [2.05, 4.69) is 5.32 Å². The van der Waals surface area contributed by atoms with Crippen molar-refractivity contribution in [3.05, 3.63) is 61.4 Å². The van der Waals surface area contributed by atoms with E-state index in [-0.39, 0.29) is 12.2 Å². The first-order chi connectivity index (χ1) is 14.3. The lowest BCUT2D eigenvalue weighted by molar-refractivity contribution is -0.138. The number of allylic oxidation sites excluding steroid dienone is 1. The highest BCUT2D eigenvalue weighted by atomic mass is 16.5. The van der Waals surface area contributed by atoms with Gasteiger partial charge < -0.3 is 19.5 Å². The Morgan fingerprint density at radius 1 is 1.10 bits per heavy atom. The molecule has 3 rings (SSSR count). The predicted octanol–water partition coefficient (Wildman–Crippen LogP) is 1.50. The fourth-order valence-corrected chi connectivity index (χ4v) is 3.73.